The van der Waals surface area contributed by atoms with Crippen LogP contribution in [0.1, 0.15) is 57.4 Å². The maximum Gasteiger partial charge on any atom is 0.102 e. The Labute approximate surface area is 133 Å². The Balaban J connectivity index is 1.95. The Hall–Kier alpha value is -1.64. The molecule has 1 aliphatic rings. The summed E-state index contributed by atoms with van der Waals surface area (Å²) < 4.78 is 0. The van der Waals surface area contributed by atoms with Gasteiger partial charge in [-0.15, -0.1) is 0 Å². The summed E-state index contributed by atoms with van der Waals surface area (Å²) in [5.41, 5.74) is 3.59. The third-order valence-corrected chi connectivity index (χ3v) is 4.79. The van der Waals surface area contributed by atoms with E-state index in [0.29, 0.717) is 0 Å². The molecule has 0 bridgehead atoms. The highest BCUT2D eigenvalue weighted by atomic mass is 16.7. The molecule has 0 radical (unpaired) electrons. The van der Waals surface area contributed by atoms with Gasteiger partial charge in [0, 0.05) is 0 Å². The standard InChI is InChI=1S/C20H25NO/c1-15(16-11-7-6-8-12-16)22-21-19(2,3)17-13-9-10-14-18(17)20(21,4)5/h6-15H,1-5H3. The van der Waals surface area contributed by atoms with Crippen LogP contribution in [-0.4, -0.2) is 5.06 Å². The number of fused-ring (bicyclic) bond motifs is 1. The van der Waals surface area contributed by atoms with E-state index in [1.807, 2.05) is 6.07 Å². The van der Waals surface area contributed by atoms with Crippen molar-refractivity contribution in [3.05, 3.63) is 71.3 Å². The molecule has 116 valence electrons. The summed E-state index contributed by atoms with van der Waals surface area (Å²) in [6.45, 7) is 11.1. The van der Waals surface area contributed by atoms with Crippen LogP contribution in [0.5, 0.6) is 0 Å². The van der Waals surface area contributed by atoms with Crippen molar-refractivity contribution in [1.82, 2.24) is 5.06 Å². The molecular weight excluding hydrogens is 270 g/mol. The first kappa shape index (κ1) is 15.3. The highest BCUT2D eigenvalue weighted by Gasteiger charge is 2.50. The summed E-state index contributed by atoms with van der Waals surface area (Å²) in [6.07, 6.45) is 0.0223. The molecule has 0 aliphatic carbocycles. The van der Waals surface area contributed by atoms with Crippen molar-refractivity contribution in [2.45, 2.75) is 51.8 Å². The van der Waals surface area contributed by atoms with Crippen LogP contribution in [0.3, 0.4) is 0 Å². The monoisotopic (exact) mass is 295 g/mol. The minimum Gasteiger partial charge on any atom is -0.290 e. The Morgan fingerprint density at radius 3 is 1.73 bits per heavy atom. The molecule has 22 heavy (non-hydrogen) atoms. The molecule has 0 spiro atoms. The molecule has 2 aromatic carbocycles. The van der Waals surface area contributed by atoms with Crippen LogP contribution in [0, 0.1) is 0 Å². The van der Waals surface area contributed by atoms with Gasteiger partial charge in [-0.1, -0.05) is 54.6 Å². The molecule has 2 heteroatoms. The molecule has 2 aromatic rings. The van der Waals surface area contributed by atoms with E-state index in [2.05, 4.69) is 88.2 Å². The molecule has 1 heterocycles. The SMILES string of the molecule is CC(ON1C(C)(C)c2ccccc2C1(C)C)c1ccccc1. The van der Waals surface area contributed by atoms with Crippen LogP contribution in [0.15, 0.2) is 54.6 Å². The van der Waals surface area contributed by atoms with Gasteiger partial charge in [0.15, 0.2) is 0 Å². The fourth-order valence-electron chi connectivity index (χ4n) is 3.67. The van der Waals surface area contributed by atoms with E-state index >= 15 is 0 Å². The molecule has 2 nitrogen and oxygen atoms in total. The summed E-state index contributed by atoms with van der Waals surface area (Å²) in [5.74, 6) is 0. The molecular formula is C20H25NO. The minimum absolute atomic E-state index is 0.0223. The Kier molecular flexibility index (Phi) is 3.62. The first-order valence-electron chi connectivity index (χ1n) is 7.97. The van der Waals surface area contributed by atoms with E-state index in [1.54, 1.807) is 0 Å². The van der Waals surface area contributed by atoms with E-state index < -0.39 is 0 Å². The third-order valence-electron chi connectivity index (χ3n) is 4.79. The first-order chi connectivity index (χ1) is 10.3. The number of hydroxylamine groups is 2. The van der Waals surface area contributed by atoms with Crippen molar-refractivity contribution in [1.29, 1.82) is 0 Å². The maximum absolute atomic E-state index is 6.44. The van der Waals surface area contributed by atoms with Crippen molar-refractivity contribution in [3.63, 3.8) is 0 Å². The zero-order valence-corrected chi connectivity index (χ0v) is 14.1. The van der Waals surface area contributed by atoms with Gasteiger partial charge in [-0.3, -0.25) is 4.84 Å². The van der Waals surface area contributed by atoms with Gasteiger partial charge in [0.05, 0.1) is 11.1 Å². The molecule has 0 fully saturated rings. The van der Waals surface area contributed by atoms with Gasteiger partial charge in [-0.25, -0.2) is 0 Å². The van der Waals surface area contributed by atoms with E-state index in [1.165, 1.54) is 16.7 Å². The van der Waals surface area contributed by atoms with Gasteiger partial charge in [-0.2, -0.15) is 5.06 Å². The topological polar surface area (TPSA) is 12.5 Å². The summed E-state index contributed by atoms with van der Waals surface area (Å²) in [6, 6.07) is 19.1. The predicted molar refractivity (Wildman–Crippen MR) is 90.3 cm³/mol. The second-order valence-electron chi connectivity index (χ2n) is 7.12. The van der Waals surface area contributed by atoms with Gasteiger partial charge in [0.25, 0.3) is 0 Å². The molecule has 0 N–H and O–H groups in total. The molecule has 1 unspecified atom stereocenters. The Morgan fingerprint density at radius 1 is 0.773 bits per heavy atom. The van der Waals surface area contributed by atoms with Crippen molar-refractivity contribution >= 4 is 0 Å². The fraction of sp³-hybridized carbons (Fsp3) is 0.400. The van der Waals surface area contributed by atoms with Crippen LogP contribution < -0.4 is 0 Å². The minimum atomic E-state index is -0.150. The number of hydrogen-bond donors (Lipinski definition) is 0. The molecule has 0 saturated heterocycles. The largest absolute Gasteiger partial charge is 0.290 e. The number of rotatable bonds is 3. The van der Waals surface area contributed by atoms with Crippen LogP contribution in [0.4, 0.5) is 0 Å². The second kappa shape index (κ2) is 5.22. The molecule has 1 atom stereocenters. The molecule has 0 aromatic heterocycles. The predicted octanol–water partition coefficient (Wildman–Crippen LogP) is 5.17. The zero-order valence-electron chi connectivity index (χ0n) is 14.1. The van der Waals surface area contributed by atoms with Gasteiger partial charge >= 0.3 is 0 Å². The van der Waals surface area contributed by atoms with E-state index in [9.17, 15) is 0 Å². The van der Waals surface area contributed by atoms with E-state index in [-0.39, 0.29) is 17.2 Å². The van der Waals surface area contributed by atoms with Crippen LogP contribution >= 0.6 is 0 Å². The quantitative estimate of drug-likeness (QED) is 0.775. The highest BCUT2D eigenvalue weighted by Crippen LogP contribution is 2.50. The van der Waals surface area contributed by atoms with Gasteiger partial charge in [0.2, 0.25) is 0 Å². The lowest BCUT2D eigenvalue weighted by atomic mass is 9.91. The zero-order chi connectivity index (χ0) is 16.0. The molecule has 0 amide bonds. The van der Waals surface area contributed by atoms with E-state index in [0.717, 1.165) is 0 Å². The maximum atomic E-state index is 6.44. The fourth-order valence-corrected chi connectivity index (χ4v) is 3.67. The second-order valence-corrected chi connectivity index (χ2v) is 7.12. The van der Waals surface area contributed by atoms with Crippen molar-refractivity contribution < 1.29 is 4.84 Å². The highest BCUT2D eigenvalue weighted by molar-refractivity contribution is 5.42. The van der Waals surface area contributed by atoms with Gasteiger partial charge in [0.1, 0.15) is 6.10 Å². The smallest absolute Gasteiger partial charge is 0.102 e. The van der Waals surface area contributed by atoms with Crippen LogP contribution in [-0.2, 0) is 15.9 Å². The van der Waals surface area contributed by atoms with Gasteiger partial charge in [-0.05, 0) is 51.3 Å². The summed E-state index contributed by atoms with van der Waals surface area (Å²) in [4.78, 5) is 6.44. The lowest BCUT2D eigenvalue weighted by Gasteiger charge is -2.41. The summed E-state index contributed by atoms with van der Waals surface area (Å²) >= 11 is 0. The van der Waals surface area contributed by atoms with Gasteiger partial charge < -0.3 is 0 Å². The average molecular weight is 295 g/mol. The summed E-state index contributed by atoms with van der Waals surface area (Å²) in [7, 11) is 0. The lowest BCUT2D eigenvalue weighted by Crippen LogP contribution is -2.45. The van der Waals surface area contributed by atoms with Crippen molar-refractivity contribution in [2.75, 3.05) is 0 Å². The Morgan fingerprint density at radius 2 is 1.23 bits per heavy atom. The Bertz CT molecular complexity index is 625. The molecule has 0 saturated carbocycles. The lowest BCUT2D eigenvalue weighted by molar-refractivity contribution is -0.286. The van der Waals surface area contributed by atoms with Crippen molar-refractivity contribution in [2.24, 2.45) is 0 Å². The normalized spacial score (nSPS) is 20.6. The number of nitrogens with zero attached hydrogens (tertiary/aromatic N) is 1. The third kappa shape index (κ3) is 2.27. The van der Waals surface area contributed by atoms with E-state index in [4.69, 9.17) is 4.84 Å². The summed E-state index contributed by atoms with van der Waals surface area (Å²) in [5, 5.41) is 2.17. The molecule has 3 rings (SSSR count). The van der Waals surface area contributed by atoms with Crippen LogP contribution in [0.2, 0.25) is 0 Å². The average Bonchev–Trinajstić information content (AvgIpc) is 2.66. The number of hydrogen-bond acceptors (Lipinski definition) is 2. The molecule has 1 aliphatic heterocycles. The number of benzene rings is 2. The first-order valence-corrected chi connectivity index (χ1v) is 7.97. The van der Waals surface area contributed by atoms with Crippen molar-refractivity contribution in [3.8, 4) is 0 Å². The van der Waals surface area contributed by atoms with Crippen LogP contribution in [0.25, 0.3) is 0 Å².